The number of nitrogens with one attached hydrogen (secondary N) is 1. The summed E-state index contributed by atoms with van der Waals surface area (Å²) in [5.41, 5.74) is 0.770. The van der Waals surface area contributed by atoms with Gasteiger partial charge in [0.05, 0.1) is 18.0 Å². The molecule has 0 saturated heterocycles. The van der Waals surface area contributed by atoms with Crippen molar-refractivity contribution < 1.29 is 22.0 Å². The molecule has 0 aromatic heterocycles. The van der Waals surface area contributed by atoms with Crippen LogP contribution in [0, 0.1) is 11.6 Å². The van der Waals surface area contributed by atoms with Crippen molar-refractivity contribution in [2.75, 3.05) is 10.6 Å². The monoisotopic (exact) mass is 396 g/mol. The first-order valence-electron chi connectivity index (χ1n) is 8.45. The number of anilines is 1. The molecule has 0 unspecified atom stereocenters. The van der Waals surface area contributed by atoms with Gasteiger partial charge in [0.15, 0.2) is 11.6 Å². The van der Waals surface area contributed by atoms with Gasteiger partial charge in [-0.25, -0.2) is 17.2 Å². The maximum absolute atomic E-state index is 13.6. The summed E-state index contributed by atoms with van der Waals surface area (Å²) in [4.78, 5) is 12.7. The van der Waals surface area contributed by atoms with Crippen molar-refractivity contribution in [2.24, 2.45) is 0 Å². The van der Waals surface area contributed by atoms with Gasteiger partial charge in [0.25, 0.3) is 0 Å². The van der Waals surface area contributed by atoms with Gasteiger partial charge in [-0.05, 0) is 31.0 Å². The predicted molar refractivity (Wildman–Crippen MR) is 101 cm³/mol. The Balaban J connectivity index is 2.30. The van der Waals surface area contributed by atoms with Gasteiger partial charge < -0.3 is 5.32 Å². The van der Waals surface area contributed by atoms with Crippen LogP contribution in [-0.4, -0.2) is 26.6 Å². The summed E-state index contributed by atoms with van der Waals surface area (Å²) < 4.78 is 52.0. The third kappa shape index (κ3) is 5.03. The fourth-order valence-electron chi connectivity index (χ4n) is 2.83. The maximum atomic E-state index is 13.6. The van der Waals surface area contributed by atoms with Crippen molar-refractivity contribution in [3.05, 3.63) is 65.7 Å². The number of rotatable bonds is 7. The van der Waals surface area contributed by atoms with E-state index in [-0.39, 0.29) is 11.7 Å². The van der Waals surface area contributed by atoms with E-state index < -0.39 is 33.6 Å². The van der Waals surface area contributed by atoms with Crippen LogP contribution in [0.25, 0.3) is 0 Å². The topological polar surface area (TPSA) is 66.5 Å². The minimum atomic E-state index is -3.92. The summed E-state index contributed by atoms with van der Waals surface area (Å²) >= 11 is 0. The quantitative estimate of drug-likeness (QED) is 0.780. The van der Waals surface area contributed by atoms with E-state index in [4.69, 9.17) is 0 Å². The van der Waals surface area contributed by atoms with Crippen LogP contribution in [0.2, 0.25) is 0 Å². The van der Waals surface area contributed by atoms with E-state index in [1.807, 2.05) is 37.3 Å². The Hall–Kier alpha value is -2.48. The number of carbonyl (C=O) groups is 1. The predicted octanol–water partition coefficient (Wildman–Crippen LogP) is 3.39. The number of hydrogen-bond acceptors (Lipinski definition) is 3. The first-order chi connectivity index (χ1) is 12.6. The zero-order valence-corrected chi connectivity index (χ0v) is 16.1. The molecule has 0 saturated carbocycles. The molecule has 2 rings (SSSR count). The Kier molecular flexibility index (Phi) is 6.54. The van der Waals surface area contributed by atoms with Crippen molar-refractivity contribution in [1.82, 2.24) is 5.32 Å². The average molecular weight is 396 g/mol. The van der Waals surface area contributed by atoms with Crippen LogP contribution >= 0.6 is 0 Å². The fourth-order valence-corrected chi connectivity index (χ4v) is 4.00. The van der Waals surface area contributed by atoms with Gasteiger partial charge in [0, 0.05) is 6.07 Å². The summed E-state index contributed by atoms with van der Waals surface area (Å²) in [6, 6.07) is 10.5. The summed E-state index contributed by atoms with van der Waals surface area (Å²) in [6.07, 6.45) is 1.51. The number of carbonyl (C=O) groups excluding carboxylic acids is 1. The molecule has 8 heteroatoms. The van der Waals surface area contributed by atoms with Gasteiger partial charge >= 0.3 is 0 Å². The van der Waals surface area contributed by atoms with Crippen LogP contribution in [-0.2, 0) is 14.8 Å². The zero-order valence-electron chi connectivity index (χ0n) is 15.3. The van der Waals surface area contributed by atoms with Crippen molar-refractivity contribution in [2.45, 2.75) is 32.4 Å². The van der Waals surface area contributed by atoms with Crippen LogP contribution in [0.5, 0.6) is 0 Å². The highest BCUT2D eigenvalue weighted by atomic mass is 32.2. The van der Waals surface area contributed by atoms with Crippen LogP contribution in [0.4, 0.5) is 14.5 Å². The van der Waals surface area contributed by atoms with Crippen molar-refractivity contribution in [3.63, 3.8) is 0 Å². The van der Waals surface area contributed by atoms with E-state index in [2.05, 4.69) is 5.32 Å². The van der Waals surface area contributed by atoms with Crippen molar-refractivity contribution in [1.29, 1.82) is 0 Å². The average Bonchev–Trinajstić information content (AvgIpc) is 2.62. The summed E-state index contributed by atoms with van der Waals surface area (Å²) in [6.45, 7) is 3.29. The largest absolute Gasteiger partial charge is 0.347 e. The van der Waals surface area contributed by atoms with Gasteiger partial charge in [-0.15, -0.1) is 0 Å². The molecule has 0 aliphatic carbocycles. The minimum absolute atomic E-state index is 0.119. The highest BCUT2D eigenvalue weighted by Crippen LogP contribution is 2.24. The Labute approximate surface area is 158 Å². The SMILES string of the molecule is CC[C@@H](NC(=O)[C@@H](C)N(c1ccc(F)c(F)c1)S(C)(=O)=O)c1ccccc1. The molecule has 0 bridgehead atoms. The molecule has 2 atom stereocenters. The van der Waals surface area contributed by atoms with Crippen molar-refractivity contribution in [3.8, 4) is 0 Å². The molecule has 0 heterocycles. The highest BCUT2D eigenvalue weighted by molar-refractivity contribution is 7.92. The number of hydrogen-bond donors (Lipinski definition) is 1. The zero-order chi connectivity index (χ0) is 20.2. The van der Waals surface area contributed by atoms with Crippen LogP contribution < -0.4 is 9.62 Å². The van der Waals surface area contributed by atoms with Crippen molar-refractivity contribution >= 4 is 21.6 Å². The first kappa shape index (κ1) is 20.8. The second kappa shape index (κ2) is 8.47. The van der Waals surface area contributed by atoms with Crippen LogP contribution in [0.15, 0.2) is 48.5 Å². The van der Waals surface area contributed by atoms with E-state index in [0.717, 1.165) is 34.3 Å². The van der Waals surface area contributed by atoms with Gasteiger partial charge in [-0.3, -0.25) is 9.10 Å². The molecule has 0 spiro atoms. The first-order valence-corrected chi connectivity index (χ1v) is 10.3. The minimum Gasteiger partial charge on any atom is -0.347 e. The molecule has 146 valence electrons. The lowest BCUT2D eigenvalue weighted by atomic mass is 10.0. The van der Waals surface area contributed by atoms with E-state index in [0.29, 0.717) is 6.42 Å². The van der Waals surface area contributed by atoms with Gasteiger partial charge in [0.2, 0.25) is 15.9 Å². The lowest BCUT2D eigenvalue weighted by molar-refractivity contribution is -0.122. The van der Waals surface area contributed by atoms with E-state index >= 15 is 0 Å². The van der Waals surface area contributed by atoms with E-state index in [1.165, 1.54) is 6.92 Å². The second-order valence-corrected chi connectivity index (χ2v) is 8.07. The highest BCUT2D eigenvalue weighted by Gasteiger charge is 2.30. The molecule has 5 nitrogen and oxygen atoms in total. The molecule has 0 aliphatic rings. The third-order valence-electron chi connectivity index (χ3n) is 4.17. The Morgan fingerprint density at radius 2 is 1.74 bits per heavy atom. The molecule has 27 heavy (non-hydrogen) atoms. The number of sulfonamides is 1. The van der Waals surface area contributed by atoms with E-state index in [9.17, 15) is 22.0 Å². The van der Waals surface area contributed by atoms with Crippen LogP contribution in [0.3, 0.4) is 0 Å². The maximum Gasteiger partial charge on any atom is 0.244 e. The lowest BCUT2D eigenvalue weighted by Gasteiger charge is -2.29. The Morgan fingerprint density at radius 3 is 2.26 bits per heavy atom. The summed E-state index contributed by atoms with van der Waals surface area (Å²) in [5, 5.41) is 2.82. The summed E-state index contributed by atoms with van der Waals surface area (Å²) in [5.74, 6) is -2.83. The molecular formula is C19H22F2N2O3S. The molecule has 0 fully saturated rings. The normalized spacial score (nSPS) is 13.7. The molecule has 1 N–H and O–H groups in total. The van der Waals surface area contributed by atoms with E-state index in [1.54, 1.807) is 0 Å². The number of amides is 1. The molecule has 2 aromatic carbocycles. The van der Waals surface area contributed by atoms with Crippen LogP contribution in [0.1, 0.15) is 31.9 Å². The Bertz CT molecular complexity index is 904. The third-order valence-corrected chi connectivity index (χ3v) is 5.41. The van der Waals surface area contributed by atoms with Gasteiger partial charge in [-0.1, -0.05) is 37.3 Å². The standard InChI is InChI=1S/C19H22F2N2O3S/c1-4-18(14-8-6-5-7-9-14)22-19(24)13(2)23(27(3,25)26)15-10-11-16(20)17(21)12-15/h5-13,18H,4H2,1-3H3,(H,22,24)/t13-,18-/m1/s1. The molecular weight excluding hydrogens is 374 g/mol. The number of nitrogens with zero attached hydrogens (tertiary/aromatic N) is 1. The smallest absolute Gasteiger partial charge is 0.244 e. The molecule has 1 amide bonds. The summed E-state index contributed by atoms with van der Waals surface area (Å²) in [7, 11) is -3.92. The molecule has 0 aliphatic heterocycles. The molecule has 2 aromatic rings. The second-order valence-electron chi connectivity index (χ2n) is 6.21. The van der Waals surface area contributed by atoms with Gasteiger partial charge in [-0.2, -0.15) is 0 Å². The Morgan fingerprint density at radius 1 is 1.11 bits per heavy atom. The number of benzene rings is 2. The molecule has 0 radical (unpaired) electrons. The number of halogens is 2. The lowest BCUT2D eigenvalue weighted by Crippen LogP contribution is -2.48. The van der Waals surface area contributed by atoms with Gasteiger partial charge in [0.1, 0.15) is 6.04 Å². The fraction of sp³-hybridized carbons (Fsp3) is 0.316.